The highest BCUT2D eigenvalue weighted by Gasteiger charge is 2.22. The second-order valence-corrected chi connectivity index (χ2v) is 9.12. The lowest BCUT2D eigenvalue weighted by Gasteiger charge is -2.25. The maximum Gasteiger partial charge on any atom is 0.278 e. The van der Waals surface area contributed by atoms with Crippen LogP contribution in [0.25, 0.3) is 0 Å². The fraction of sp³-hybridized carbons (Fsp3) is 0.333. The summed E-state index contributed by atoms with van der Waals surface area (Å²) in [7, 11) is -4.00. The number of rotatable bonds is 5. The molecule has 27 heavy (non-hydrogen) atoms. The van der Waals surface area contributed by atoms with Crippen LogP contribution in [0.15, 0.2) is 23.1 Å². The van der Waals surface area contributed by atoms with Gasteiger partial charge in [-0.15, -0.1) is 4.83 Å². The molecule has 2 heterocycles. The Morgan fingerprint density at radius 3 is 2.63 bits per heavy atom. The Hall–Kier alpha value is -1.43. The van der Waals surface area contributed by atoms with E-state index in [9.17, 15) is 13.2 Å². The molecular weight excluding hydrogens is 435 g/mol. The maximum absolute atomic E-state index is 12.4. The molecule has 1 aromatic heterocycles. The Morgan fingerprint density at radius 1 is 1.26 bits per heavy atom. The first-order valence-electron chi connectivity index (χ1n) is 7.85. The number of morpholine rings is 1. The van der Waals surface area contributed by atoms with E-state index in [0.717, 1.165) is 0 Å². The highest BCUT2D eigenvalue weighted by Crippen LogP contribution is 2.27. The molecule has 146 valence electrons. The van der Waals surface area contributed by atoms with E-state index in [1.54, 1.807) is 6.92 Å². The third-order valence-electron chi connectivity index (χ3n) is 3.77. The summed E-state index contributed by atoms with van der Waals surface area (Å²) in [5, 5.41) is 1.03. The van der Waals surface area contributed by atoms with Crippen molar-refractivity contribution < 1.29 is 17.9 Å². The summed E-state index contributed by atoms with van der Waals surface area (Å²) in [6, 6.07) is 3.85. The van der Waals surface area contributed by atoms with E-state index in [0.29, 0.717) is 42.0 Å². The number of ether oxygens (including phenoxy) is 1. The number of nitrogens with one attached hydrogen (secondary N) is 2. The summed E-state index contributed by atoms with van der Waals surface area (Å²) >= 11 is 12.8. The van der Waals surface area contributed by atoms with Gasteiger partial charge in [-0.3, -0.25) is 10.2 Å². The lowest BCUT2D eigenvalue weighted by atomic mass is 10.4. The molecule has 2 N–H and O–H groups in total. The molecule has 1 amide bonds. The van der Waals surface area contributed by atoms with Crippen molar-refractivity contribution in [1.29, 1.82) is 0 Å². The van der Waals surface area contributed by atoms with E-state index in [4.69, 9.17) is 27.9 Å². The number of amides is 1. The summed E-state index contributed by atoms with van der Waals surface area (Å²) in [5.74, 6) is -0.590. The minimum Gasteiger partial charge on any atom is -0.378 e. The standard InChI is InChI=1S/C15H16Cl2N4O4S2/c1-9-13(26-15(18-9)21-4-6-25-7-5-21)14(22)19-20-27(23,24)10-2-3-11(16)12(17)8-10/h2-3,8,20H,4-7H2,1H3,(H,19,22). The van der Waals surface area contributed by atoms with Crippen molar-refractivity contribution in [1.82, 2.24) is 15.2 Å². The molecule has 0 spiro atoms. The zero-order chi connectivity index (χ0) is 19.6. The summed E-state index contributed by atoms with van der Waals surface area (Å²) < 4.78 is 29.9. The first-order valence-corrected chi connectivity index (χ1v) is 10.9. The molecule has 0 bridgehead atoms. The van der Waals surface area contributed by atoms with Crippen LogP contribution < -0.4 is 15.2 Å². The highest BCUT2D eigenvalue weighted by atomic mass is 35.5. The van der Waals surface area contributed by atoms with Gasteiger partial charge in [0.15, 0.2) is 5.13 Å². The van der Waals surface area contributed by atoms with Gasteiger partial charge in [-0.05, 0) is 25.1 Å². The molecule has 2 aromatic rings. The Labute approximate surface area is 170 Å². The third kappa shape index (κ3) is 4.71. The molecule has 0 saturated carbocycles. The second kappa shape index (κ2) is 8.29. The predicted octanol–water partition coefficient (Wildman–Crippen LogP) is 2.22. The minimum atomic E-state index is -4.00. The van der Waals surface area contributed by atoms with Crippen molar-refractivity contribution >= 4 is 55.6 Å². The average Bonchev–Trinajstić information content (AvgIpc) is 3.04. The first-order chi connectivity index (χ1) is 12.8. The van der Waals surface area contributed by atoms with E-state index >= 15 is 0 Å². The minimum absolute atomic E-state index is 0.0966. The molecule has 1 aromatic carbocycles. The SMILES string of the molecule is Cc1nc(N2CCOCC2)sc1C(=O)NNS(=O)(=O)c1ccc(Cl)c(Cl)c1. The van der Waals surface area contributed by atoms with Gasteiger partial charge in [-0.1, -0.05) is 34.5 Å². The molecule has 0 atom stereocenters. The van der Waals surface area contributed by atoms with Crippen molar-refractivity contribution in [3.05, 3.63) is 38.8 Å². The van der Waals surface area contributed by atoms with Crippen LogP contribution in [0.5, 0.6) is 0 Å². The topological polar surface area (TPSA) is 101 Å². The third-order valence-corrected chi connectivity index (χ3v) is 6.97. The van der Waals surface area contributed by atoms with Crippen LogP contribution in [0.2, 0.25) is 10.0 Å². The number of sulfonamides is 1. The monoisotopic (exact) mass is 450 g/mol. The zero-order valence-electron chi connectivity index (χ0n) is 14.2. The Kier molecular flexibility index (Phi) is 6.24. The van der Waals surface area contributed by atoms with Gasteiger partial charge in [0.2, 0.25) is 0 Å². The quantitative estimate of drug-likeness (QED) is 0.677. The summed E-state index contributed by atoms with van der Waals surface area (Å²) in [4.78, 5) is 21.1. The highest BCUT2D eigenvalue weighted by molar-refractivity contribution is 7.89. The van der Waals surface area contributed by atoms with Crippen molar-refractivity contribution in [3.8, 4) is 0 Å². The van der Waals surface area contributed by atoms with Gasteiger partial charge in [0.1, 0.15) is 4.88 Å². The number of aromatic nitrogens is 1. The lowest BCUT2D eigenvalue weighted by Crippen LogP contribution is -2.41. The molecule has 0 aliphatic carbocycles. The van der Waals surface area contributed by atoms with Crippen molar-refractivity contribution in [3.63, 3.8) is 0 Å². The average molecular weight is 451 g/mol. The molecule has 0 radical (unpaired) electrons. The van der Waals surface area contributed by atoms with E-state index in [1.165, 1.54) is 29.5 Å². The second-order valence-electron chi connectivity index (χ2n) is 5.65. The fourth-order valence-electron chi connectivity index (χ4n) is 2.36. The van der Waals surface area contributed by atoms with Crippen molar-refractivity contribution in [2.45, 2.75) is 11.8 Å². The molecule has 0 unspecified atom stereocenters. The largest absolute Gasteiger partial charge is 0.378 e. The molecule has 1 aliphatic heterocycles. The van der Waals surface area contributed by atoms with E-state index in [1.807, 2.05) is 4.90 Å². The number of carbonyl (C=O) groups excluding carboxylic acids is 1. The van der Waals surface area contributed by atoms with Gasteiger partial charge in [-0.25, -0.2) is 13.4 Å². The number of anilines is 1. The van der Waals surface area contributed by atoms with Crippen LogP contribution in [-0.4, -0.2) is 45.6 Å². The number of hydrazine groups is 1. The lowest BCUT2D eigenvalue weighted by molar-refractivity contribution is 0.0948. The maximum atomic E-state index is 12.4. The Balaban J connectivity index is 1.70. The number of hydrogen-bond donors (Lipinski definition) is 2. The molecule has 12 heteroatoms. The van der Waals surface area contributed by atoms with Crippen LogP contribution in [0.4, 0.5) is 5.13 Å². The van der Waals surface area contributed by atoms with E-state index in [2.05, 4.69) is 15.2 Å². The fourth-order valence-corrected chi connectivity index (χ4v) is 4.60. The van der Waals surface area contributed by atoms with Crippen molar-refractivity contribution in [2.75, 3.05) is 31.2 Å². The normalized spacial score (nSPS) is 15.0. The van der Waals surface area contributed by atoms with Gasteiger partial charge < -0.3 is 9.64 Å². The van der Waals surface area contributed by atoms with Gasteiger partial charge in [0.25, 0.3) is 15.9 Å². The van der Waals surface area contributed by atoms with Gasteiger partial charge in [0, 0.05) is 13.1 Å². The summed E-state index contributed by atoms with van der Waals surface area (Å²) in [6.07, 6.45) is 0. The molecular formula is C15H16Cl2N4O4S2. The van der Waals surface area contributed by atoms with Gasteiger partial charge in [-0.2, -0.15) is 0 Å². The van der Waals surface area contributed by atoms with Crippen LogP contribution in [0.3, 0.4) is 0 Å². The summed E-state index contributed by atoms with van der Waals surface area (Å²) in [5.41, 5.74) is 2.72. The number of thiazole rings is 1. The van der Waals surface area contributed by atoms with Crippen LogP contribution in [0.1, 0.15) is 15.4 Å². The van der Waals surface area contributed by atoms with Crippen LogP contribution >= 0.6 is 34.5 Å². The summed E-state index contributed by atoms with van der Waals surface area (Å²) in [6.45, 7) is 4.28. The zero-order valence-corrected chi connectivity index (χ0v) is 17.3. The van der Waals surface area contributed by atoms with Gasteiger partial charge in [0.05, 0.1) is 33.8 Å². The van der Waals surface area contributed by atoms with Gasteiger partial charge >= 0.3 is 0 Å². The molecule has 3 rings (SSSR count). The van der Waals surface area contributed by atoms with E-state index in [-0.39, 0.29) is 14.9 Å². The molecule has 1 saturated heterocycles. The molecule has 1 aliphatic rings. The molecule has 1 fully saturated rings. The Morgan fingerprint density at radius 2 is 1.96 bits per heavy atom. The van der Waals surface area contributed by atoms with Crippen LogP contribution in [0, 0.1) is 6.92 Å². The number of benzene rings is 1. The smallest absolute Gasteiger partial charge is 0.278 e. The van der Waals surface area contributed by atoms with Crippen molar-refractivity contribution in [2.24, 2.45) is 0 Å². The number of hydrogen-bond acceptors (Lipinski definition) is 7. The van der Waals surface area contributed by atoms with Crippen LogP contribution in [-0.2, 0) is 14.8 Å². The molecule has 8 nitrogen and oxygen atoms in total. The van der Waals surface area contributed by atoms with E-state index < -0.39 is 15.9 Å². The number of aryl methyl sites for hydroxylation is 1. The number of carbonyl (C=O) groups is 1. The predicted molar refractivity (Wildman–Crippen MR) is 104 cm³/mol. The number of nitrogens with zero attached hydrogens (tertiary/aromatic N) is 2. The first kappa shape index (κ1) is 20.3. The Bertz CT molecular complexity index is 959. The number of halogens is 2.